The van der Waals surface area contributed by atoms with Crippen LogP contribution in [0, 0.1) is 0 Å². The van der Waals surface area contributed by atoms with E-state index < -0.39 is 0 Å². The first-order valence-electron chi connectivity index (χ1n) is 10.3. The molecule has 0 saturated carbocycles. The zero-order valence-corrected chi connectivity index (χ0v) is 16.6. The smallest absolute Gasteiger partial charge is 0.223 e. The number of nitrogens with one attached hydrogen (secondary N) is 1. The molecule has 0 atom stereocenters. The maximum Gasteiger partial charge on any atom is 0.223 e. The Bertz CT molecular complexity index is 636. The number of carbonyl (C=O) groups excluding carboxylic acids is 1. The molecule has 0 bridgehead atoms. The fourth-order valence-corrected chi connectivity index (χ4v) is 3.95. The van der Waals surface area contributed by atoms with Crippen molar-refractivity contribution in [3.63, 3.8) is 0 Å². The highest BCUT2D eigenvalue weighted by Crippen LogP contribution is 2.28. The van der Waals surface area contributed by atoms with Crippen molar-refractivity contribution >= 4 is 11.6 Å². The maximum absolute atomic E-state index is 12.5. The molecule has 27 heavy (non-hydrogen) atoms. The fraction of sp³-hybridized carbons (Fsp3) is 0.591. The van der Waals surface area contributed by atoms with Gasteiger partial charge in [-0.2, -0.15) is 0 Å². The van der Waals surface area contributed by atoms with Gasteiger partial charge >= 0.3 is 0 Å². The Kier molecular flexibility index (Phi) is 7.57. The van der Waals surface area contributed by atoms with Crippen molar-refractivity contribution in [3.8, 4) is 5.75 Å². The highest BCUT2D eigenvalue weighted by atomic mass is 16.5. The second kappa shape index (κ2) is 10.4. The average molecular weight is 372 g/mol. The van der Waals surface area contributed by atoms with E-state index in [1.807, 2.05) is 23.1 Å². The summed E-state index contributed by atoms with van der Waals surface area (Å²) in [6.45, 7) is 5.04. The molecule has 0 aromatic heterocycles. The molecule has 1 aliphatic heterocycles. The summed E-state index contributed by atoms with van der Waals surface area (Å²) in [7, 11) is 1.70. The zero-order chi connectivity index (χ0) is 18.9. The number of carbonyl (C=O) groups is 1. The van der Waals surface area contributed by atoms with E-state index in [2.05, 4.69) is 22.4 Å². The van der Waals surface area contributed by atoms with Gasteiger partial charge in [0.25, 0.3) is 0 Å². The van der Waals surface area contributed by atoms with Crippen molar-refractivity contribution in [2.45, 2.75) is 38.5 Å². The van der Waals surface area contributed by atoms with Gasteiger partial charge in [-0.05, 0) is 50.8 Å². The number of nitrogens with zero attached hydrogens (tertiary/aromatic N) is 2. The van der Waals surface area contributed by atoms with Crippen LogP contribution < -0.4 is 15.0 Å². The van der Waals surface area contributed by atoms with E-state index in [-0.39, 0.29) is 5.91 Å². The zero-order valence-electron chi connectivity index (χ0n) is 16.6. The van der Waals surface area contributed by atoms with Crippen LogP contribution in [0.25, 0.3) is 0 Å². The van der Waals surface area contributed by atoms with Gasteiger partial charge in [0.05, 0.1) is 12.8 Å². The van der Waals surface area contributed by atoms with Gasteiger partial charge in [0.15, 0.2) is 0 Å². The molecule has 1 fully saturated rings. The lowest BCUT2D eigenvalue weighted by atomic mass is 9.97. The summed E-state index contributed by atoms with van der Waals surface area (Å²) in [5.74, 6) is 1.16. The van der Waals surface area contributed by atoms with Gasteiger partial charge in [-0.1, -0.05) is 23.8 Å². The Balaban J connectivity index is 1.34. The lowest BCUT2D eigenvalue weighted by Gasteiger charge is -2.36. The van der Waals surface area contributed by atoms with Gasteiger partial charge in [0, 0.05) is 39.1 Å². The summed E-state index contributed by atoms with van der Waals surface area (Å²) in [5.41, 5.74) is 2.71. The molecule has 1 saturated heterocycles. The van der Waals surface area contributed by atoms with E-state index in [0.29, 0.717) is 6.42 Å². The van der Waals surface area contributed by atoms with Crippen LogP contribution in [0.3, 0.4) is 0 Å². The van der Waals surface area contributed by atoms with Gasteiger partial charge in [0.2, 0.25) is 5.91 Å². The molecule has 3 rings (SSSR count). The summed E-state index contributed by atoms with van der Waals surface area (Å²) in [5, 5.41) is 3.44. The minimum absolute atomic E-state index is 0.263. The van der Waals surface area contributed by atoms with Crippen LogP contribution in [-0.2, 0) is 4.79 Å². The van der Waals surface area contributed by atoms with E-state index in [1.165, 1.54) is 25.7 Å². The molecule has 2 aliphatic rings. The van der Waals surface area contributed by atoms with Crippen LogP contribution >= 0.6 is 0 Å². The highest BCUT2D eigenvalue weighted by Gasteiger charge is 2.22. The van der Waals surface area contributed by atoms with Crippen molar-refractivity contribution in [1.29, 1.82) is 0 Å². The molecule has 0 spiro atoms. The van der Waals surface area contributed by atoms with E-state index in [0.717, 1.165) is 57.1 Å². The molecule has 0 radical (unpaired) electrons. The number of ether oxygens (including phenoxy) is 1. The summed E-state index contributed by atoms with van der Waals surface area (Å²) in [4.78, 5) is 16.8. The monoisotopic (exact) mass is 371 g/mol. The van der Waals surface area contributed by atoms with Crippen molar-refractivity contribution in [1.82, 2.24) is 10.2 Å². The molecule has 0 unspecified atom stereocenters. The largest absolute Gasteiger partial charge is 0.495 e. The Morgan fingerprint density at radius 2 is 1.93 bits per heavy atom. The number of benzene rings is 1. The van der Waals surface area contributed by atoms with Crippen LogP contribution in [0.15, 0.2) is 35.9 Å². The molecule has 1 aromatic rings. The quantitative estimate of drug-likeness (QED) is 0.563. The van der Waals surface area contributed by atoms with Crippen LogP contribution in [0.1, 0.15) is 38.5 Å². The highest BCUT2D eigenvalue weighted by molar-refractivity contribution is 5.76. The predicted molar refractivity (Wildman–Crippen MR) is 110 cm³/mol. The fourth-order valence-electron chi connectivity index (χ4n) is 3.95. The number of rotatable bonds is 8. The van der Waals surface area contributed by atoms with E-state index >= 15 is 0 Å². The minimum atomic E-state index is 0.263. The van der Waals surface area contributed by atoms with Gasteiger partial charge in [-0.25, -0.2) is 0 Å². The Morgan fingerprint density at radius 3 is 2.67 bits per heavy atom. The Hall–Kier alpha value is -2.01. The van der Waals surface area contributed by atoms with Gasteiger partial charge in [-0.15, -0.1) is 0 Å². The van der Waals surface area contributed by atoms with E-state index in [1.54, 1.807) is 12.7 Å². The average Bonchev–Trinajstić information content (AvgIpc) is 2.74. The molecule has 5 heteroatoms. The second-order valence-electron chi connectivity index (χ2n) is 7.40. The molecule has 1 amide bonds. The first-order valence-corrected chi connectivity index (χ1v) is 10.3. The third-order valence-corrected chi connectivity index (χ3v) is 5.58. The van der Waals surface area contributed by atoms with Crippen LogP contribution in [-0.4, -0.2) is 57.2 Å². The van der Waals surface area contributed by atoms with Crippen LogP contribution in [0.5, 0.6) is 5.75 Å². The first kappa shape index (κ1) is 19.7. The third kappa shape index (κ3) is 5.73. The Morgan fingerprint density at radius 1 is 1.11 bits per heavy atom. The third-order valence-electron chi connectivity index (χ3n) is 5.58. The number of methoxy groups -OCH3 is 1. The lowest BCUT2D eigenvalue weighted by Crippen LogP contribution is -2.49. The predicted octanol–water partition coefficient (Wildman–Crippen LogP) is 3.21. The molecule has 148 valence electrons. The number of amides is 1. The topological polar surface area (TPSA) is 44.8 Å². The number of anilines is 1. The van der Waals surface area contributed by atoms with Gasteiger partial charge < -0.3 is 19.9 Å². The normalized spacial score (nSPS) is 17.6. The number of hydrogen-bond donors (Lipinski definition) is 1. The van der Waals surface area contributed by atoms with Crippen molar-refractivity contribution < 1.29 is 9.53 Å². The van der Waals surface area contributed by atoms with Gasteiger partial charge in [0.1, 0.15) is 5.75 Å². The number of para-hydroxylation sites is 2. The van der Waals surface area contributed by atoms with Crippen molar-refractivity contribution in [2.75, 3.05) is 51.3 Å². The molecule has 5 nitrogen and oxygen atoms in total. The van der Waals surface area contributed by atoms with E-state index in [4.69, 9.17) is 4.74 Å². The molecule has 1 N–H and O–H groups in total. The molecule has 1 aliphatic carbocycles. The molecular formula is C22H33N3O2. The van der Waals surface area contributed by atoms with Crippen LogP contribution in [0.4, 0.5) is 5.69 Å². The first-order chi connectivity index (χ1) is 13.3. The summed E-state index contributed by atoms with van der Waals surface area (Å²) >= 11 is 0. The number of allylic oxidation sites excluding steroid dienone is 1. The minimum Gasteiger partial charge on any atom is -0.495 e. The van der Waals surface area contributed by atoms with Crippen LogP contribution in [0.2, 0.25) is 0 Å². The summed E-state index contributed by atoms with van der Waals surface area (Å²) in [6, 6.07) is 8.09. The summed E-state index contributed by atoms with van der Waals surface area (Å²) < 4.78 is 5.46. The standard InChI is InChI=1S/C22H33N3O2/c1-27-21-10-6-5-9-20(21)24-15-17-25(18-16-24)22(26)12-14-23-13-11-19-7-3-2-4-8-19/h5-7,9-10,23H,2-4,8,11-18H2,1H3. The maximum atomic E-state index is 12.5. The van der Waals surface area contributed by atoms with Gasteiger partial charge in [-0.3, -0.25) is 4.79 Å². The second-order valence-corrected chi connectivity index (χ2v) is 7.40. The molecular weight excluding hydrogens is 338 g/mol. The van der Waals surface area contributed by atoms with Crippen molar-refractivity contribution in [2.24, 2.45) is 0 Å². The molecule has 1 aromatic carbocycles. The van der Waals surface area contributed by atoms with E-state index in [9.17, 15) is 4.79 Å². The number of hydrogen-bond acceptors (Lipinski definition) is 4. The lowest BCUT2D eigenvalue weighted by molar-refractivity contribution is -0.131. The Labute approximate surface area is 163 Å². The SMILES string of the molecule is COc1ccccc1N1CCN(C(=O)CCNCCC2=CCCCC2)CC1. The summed E-state index contributed by atoms with van der Waals surface area (Å²) in [6.07, 6.45) is 9.31. The number of piperazine rings is 1. The van der Waals surface area contributed by atoms with Crippen molar-refractivity contribution in [3.05, 3.63) is 35.9 Å². The molecule has 1 heterocycles.